The average molecular weight is 550 g/mol. The third-order valence-corrected chi connectivity index (χ3v) is 10.2. The second-order valence-electron chi connectivity index (χ2n) is 12.2. The molecule has 8 atom stereocenters. The van der Waals surface area contributed by atoms with E-state index in [1.807, 2.05) is 6.92 Å². The molecule has 0 aromatic rings. The van der Waals surface area contributed by atoms with Gasteiger partial charge in [0.25, 0.3) is 0 Å². The first-order valence-electron chi connectivity index (χ1n) is 13.7. The predicted molar refractivity (Wildman–Crippen MR) is 135 cm³/mol. The van der Waals surface area contributed by atoms with E-state index >= 15 is 0 Å². The molecule has 4 rings (SSSR count). The summed E-state index contributed by atoms with van der Waals surface area (Å²) in [6, 6.07) is -1.49. The molecule has 11 heteroatoms. The van der Waals surface area contributed by atoms with Gasteiger partial charge in [0.15, 0.2) is 12.4 Å². The number of nitrogens with one attached hydrogen (secondary N) is 1. The molecule has 0 aromatic heterocycles. The lowest BCUT2D eigenvalue weighted by Gasteiger charge is -2.60. The second-order valence-corrected chi connectivity index (χ2v) is 12.2. The first-order chi connectivity index (χ1) is 18.3. The SMILES string of the molecule is C[C@]12CCC(=O)C=C1CC[C@@H]1[C@@H]2[C@@H](O)C[C@@]2(C)[C@H]1CC[C@]2(O)C(=O)COC(=O)CCC(=O)N[C@@H](CO)C(=O)O. The van der Waals surface area contributed by atoms with Gasteiger partial charge < -0.3 is 30.5 Å². The standard InChI is InChI=1S/C28H39NO10/c1-26-9-7-16(31)11-15(26)3-4-17-18-8-10-28(38,27(18,2)12-20(32)24(17)26)21(33)14-39-23(35)6-5-22(34)29-19(13-30)25(36)37/h11,17-20,24,30,32,38H,3-10,12-14H2,1-2H3,(H,29,34)(H,36,37)/t17-,18-,19-,20-,24+,26-,27-,28-/m0/s1. The van der Waals surface area contributed by atoms with E-state index in [0.717, 1.165) is 18.4 Å². The molecule has 216 valence electrons. The Morgan fingerprint density at radius 1 is 1.13 bits per heavy atom. The van der Waals surface area contributed by atoms with Crippen LogP contribution < -0.4 is 5.32 Å². The number of carbonyl (C=O) groups is 5. The van der Waals surface area contributed by atoms with E-state index < -0.39 is 72.8 Å². The Hall–Kier alpha value is -2.63. The Kier molecular flexibility index (Phi) is 8.08. The normalized spacial score (nSPS) is 38.0. The Labute approximate surface area is 227 Å². The number of aliphatic carboxylic acids is 1. The second kappa shape index (κ2) is 10.7. The van der Waals surface area contributed by atoms with Gasteiger partial charge in [-0.2, -0.15) is 0 Å². The highest BCUT2D eigenvalue weighted by molar-refractivity contribution is 5.92. The van der Waals surface area contributed by atoms with Crippen molar-refractivity contribution in [1.29, 1.82) is 0 Å². The summed E-state index contributed by atoms with van der Waals surface area (Å²) in [5, 5.41) is 43.1. The van der Waals surface area contributed by atoms with Crippen molar-refractivity contribution >= 4 is 29.4 Å². The molecule has 0 saturated heterocycles. The minimum atomic E-state index is -1.78. The molecule has 3 fully saturated rings. The number of aliphatic hydroxyl groups excluding tert-OH is 2. The fourth-order valence-electron chi connectivity index (χ4n) is 8.16. The number of aliphatic hydroxyl groups is 3. The quantitative estimate of drug-likeness (QED) is 0.256. The molecule has 39 heavy (non-hydrogen) atoms. The van der Waals surface area contributed by atoms with E-state index in [4.69, 9.17) is 14.9 Å². The molecule has 0 heterocycles. The number of rotatable bonds is 9. The summed E-state index contributed by atoms with van der Waals surface area (Å²) < 4.78 is 5.07. The first kappa shape index (κ1) is 29.4. The average Bonchev–Trinajstić information content (AvgIpc) is 3.15. The van der Waals surface area contributed by atoms with Crippen LogP contribution in [-0.4, -0.2) is 80.8 Å². The number of ether oxygens (including phenoxy) is 1. The highest BCUT2D eigenvalue weighted by atomic mass is 16.5. The Morgan fingerprint density at radius 3 is 2.51 bits per heavy atom. The van der Waals surface area contributed by atoms with Crippen LogP contribution in [0, 0.1) is 28.6 Å². The molecule has 5 N–H and O–H groups in total. The Bertz CT molecular complexity index is 1090. The van der Waals surface area contributed by atoms with E-state index in [9.17, 15) is 34.2 Å². The summed E-state index contributed by atoms with van der Waals surface area (Å²) in [5.74, 6) is -3.53. The van der Waals surface area contributed by atoms with Crippen LogP contribution in [0.25, 0.3) is 0 Å². The maximum atomic E-state index is 13.3. The van der Waals surface area contributed by atoms with E-state index in [1.54, 1.807) is 6.08 Å². The van der Waals surface area contributed by atoms with Gasteiger partial charge in [-0.05, 0) is 67.8 Å². The zero-order valence-electron chi connectivity index (χ0n) is 22.5. The third kappa shape index (κ3) is 5.04. The van der Waals surface area contributed by atoms with Crippen LogP contribution in [0.4, 0.5) is 0 Å². The summed E-state index contributed by atoms with van der Waals surface area (Å²) in [4.78, 5) is 60.3. The van der Waals surface area contributed by atoms with Crippen LogP contribution in [0.5, 0.6) is 0 Å². The number of carbonyl (C=O) groups excluding carboxylic acids is 4. The summed E-state index contributed by atoms with van der Waals surface area (Å²) in [7, 11) is 0. The molecule has 0 radical (unpaired) electrons. The van der Waals surface area contributed by atoms with Crippen LogP contribution in [0.15, 0.2) is 11.6 Å². The predicted octanol–water partition coefficient (Wildman–Crippen LogP) is 0.674. The van der Waals surface area contributed by atoms with Crippen molar-refractivity contribution in [2.24, 2.45) is 28.6 Å². The molecular formula is C28H39NO10. The van der Waals surface area contributed by atoms with Gasteiger partial charge in [0, 0.05) is 18.3 Å². The zero-order chi connectivity index (χ0) is 28.8. The highest BCUT2D eigenvalue weighted by Crippen LogP contribution is 2.67. The lowest BCUT2D eigenvalue weighted by Crippen LogP contribution is -2.62. The summed E-state index contributed by atoms with van der Waals surface area (Å²) in [5.41, 5.74) is -1.88. The topological polar surface area (TPSA) is 188 Å². The van der Waals surface area contributed by atoms with Crippen LogP contribution in [0.3, 0.4) is 0 Å². The van der Waals surface area contributed by atoms with Gasteiger partial charge in [0.05, 0.1) is 19.1 Å². The molecular weight excluding hydrogens is 510 g/mol. The fourth-order valence-corrected chi connectivity index (χ4v) is 8.16. The number of allylic oxidation sites excluding steroid dienone is 1. The van der Waals surface area contributed by atoms with Gasteiger partial charge >= 0.3 is 11.9 Å². The van der Waals surface area contributed by atoms with E-state index in [0.29, 0.717) is 19.3 Å². The third-order valence-electron chi connectivity index (χ3n) is 10.2. The molecule has 0 aliphatic heterocycles. The summed E-state index contributed by atoms with van der Waals surface area (Å²) >= 11 is 0. The van der Waals surface area contributed by atoms with Crippen molar-refractivity contribution in [1.82, 2.24) is 5.32 Å². The minimum Gasteiger partial charge on any atom is -0.480 e. The van der Waals surface area contributed by atoms with Crippen LogP contribution in [0.1, 0.15) is 71.6 Å². The number of Topliss-reactive ketones (excluding diaryl/α,β-unsaturated/α-hetero) is 1. The lowest BCUT2D eigenvalue weighted by molar-refractivity contribution is -0.184. The Morgan fingerprint density at radius 2 is 1.85 bits per heavy atom. The zero-order valence-corrected chi connectivity index (χ0v) is 22.5. The number of ketones is 2. The number of carboxylic acids is 1. The van der Waals surface area contributed by atoms with E-state index in [1.165, 1.54) is 0 Å². The van der Waals surface area contributed by atoms with Gasteiger partial charge in [-0.3, -0.25) is 19.2 Å². The van der Waals surface area contributed by atoms with Crippen LogP contribution in [0.2, 0.25) is 0 Å². The highest BCUT2D eigenvalue weighted by Gasteiger charge is 2.68. The lowest BCUT2D eigenvalue weighted by atomic mass is 9.45. The molecule has 0 aromatic carbocycles. The van der Waals surface area contributed by atoms with Gasteiger partial charge in [0.1, 0.15) is 11.6 Å². The Balaban J connectivity index is 1.39. The maximum Gasteiger partial charge on any atom is 0.328 e. The summed E-state index contributed by atoms with van der Waals surface area (Å²) in [6.45, 7) is 2.49. The van der Waals surface area contributed by atoms with Crippen molar-refractivity contribution in [2.45, 2.75) is 89.4 Å². The molecule has 0 spiro atoms. The summed E-state index contributed by atoms with van der Waals surface area (Å²) in [6.07, 6.45) is 3.88. The number of esters is 1. The largest absolute Gasteiger partial charge is 0.480 e. The molecule has 1 amide bonds. The fraction of sp³-hybridized carbons (Fsp3) is 0.750. The molecule has 0 bridgehead atoms. The molecule has 0 unspecified atom stereocenters. The monoisotopic (exact) mass is 549 g/mol. The van der Waals surface area contributed by atoms with Crippen LogP contribution in [-0.2, 0) is 28.7 Å². The van der Waals surface area contributed by atoms with Crippen molar-refractivity contribution in [3.05, 3.63) is 11.6 Å². The van der Waals surface area contributed by atoms with Crippen LogP contribution >= 0.6 is 0 Å². The molecule has 4 aliphatic rings. The van der Waals surface area contributed by atoms with E-state index in [-0.39, 0.29) is 41.8 Å². The minimum absolute atomic E-state index is 0.0102. The first-order valence-corrected chi connectivity index (χ1v) is 13.7. The van der Waals surface area contributed by atoms with Gasteiger partial charge in [-0.1, -0.05) is 19.4 Å². The molecule has 4 aliphatic carbocycles. The van der Waals surface area contributed by atoms with Gasteiger partial charge in [-0.15, -0.1) is 0 Å². The number of hydrogen-bond acceptors (Lipinski definition) is 9. The smallest absolute Gasteiger partial charge is 0.328 e. The number of hydrogen-bond donors (Lipinski definition) is 5. The van der Waals surface area contributed by atoms with E-state index in [2.05, 4.69) is 12.2 Å². The molecule has 3 saturated carbocycles. The number of fused-ring (bicyclic) bond motifs is 5. The van der Waals surface area contributed by atoms with Crippen molar-refractivity contribution in [3.8, 4) is 0 Å². The van der Waals surface area contributed by atoms with Crippen molar-refractivity contribution in [3.63, 3.8) is 0 Å². The molecule has 11 nitrogen and oxygen atoms in total. The van der Waals surface area contributed by atoms with Gasteiger partial charge in [-0.25, -0.2) is 4.79 Å². The van der Waals surface area contributed by atoms with Crippen molar-refractivity contribution in [2.75, 3.05) is 13.2 Å². The van der Waals surface area contributed by atoms with Crippen molar-refractivity contribution < 1.29 is 49.1 Å². The number of carboxylic acid groups (broad SMARTS) is 1. The maximum absolute atomic E-state index is 13.3. The number of amides is 1. The van der Waals surface area contributed by atoms with Gasteiger partial charge in [0.2, 0.25) is 11.7 Å².